The Labute approximate surface area is 169 Å². The Hall–Kier alpha value is -2.65. The van der Waals surface area contributed by atoms with Crippen LogP contribution in [0.5, 0.6) is 0 Å². The number of sulfonamides is 1. The summed E-state index contributed by atoms with van der Waals surface area (Å²) in [5.74, 6) is -0.795. The van der Waals surface area contributed by atoms with Crippen molar-refractivity contribution in [3.05, 3.63) is 47.8 Å². The molecule has 29 heavy (non-hydrogen) atoms. The van der Waals surface area contributed by atoms with Gasteiger partial charge in [-0.2, -0.15) is 4.31 Å². The number of hydrogen-bond donors (Lipinski definition) is 1. The smallest absolute Gasteiger partial charge is 0.265 e. The molecule has 154 valence electrons. The van der Waals surface area contributed by atoms with E-state index >= 15 is 0 Å². The Morgan fingerprint density at radius 3 is 2.45 bits per heavy atom. The molecule has 2 aromatic rings. The third-order valence-corrected chi connectivity index (χ3v) is 7.69. The van der Waals surface area contributed by atoms with Crippen molar-refractivity contribution in [1.82, 2.24) is 8.87 Å². The van der Waals surface area contributed by atoms with Gasteiger partial charge in [-0.3, -0.25) is 9.59 Å². The summed E-state index contributed by atoms with van der Waals surface area (Å²) in [4.78, 5) is 26.3. The van der Waals surface area contributed by atoms with E-state index in [0.717, 1.165) is 12.1 Å². The lowest BCUT2D eigenvalue weighted by Crippen LogP contribution is -2.44. The number of anilines is 1. The SMILES string of the molecule is Cn1cc(S(=O)(=O)N2CCC(C(=O)N3CCc4ccccc43)CC2)cc1C(N)=O. The molecule has 1 saturated heterocycles. The summed E-state index contributed by atoms with van der Waals surface area (Å²) in [5, 5.41) is 0. The summed E-state index contributed by atoms with van der Waals surface area (Å²) < 4.78 is 28.7. The molecule has 8 nitrogen and oxygen atoms in total. The first-order valence-corrected chi connectivity index (χ1v) is 11.1. The Bertz CT molecular complexity index is 1070. The average Bonchev–Trinajstić information content (AvgIpc) is 3.31. The van der Waals surface area contributed by atoms with Gasteiger partial charge in [0.15, 0.2) is 0 Å². The van der Waals surface area contributed by atoms with Crippen LogP contribution in [-0.4, -0.2) is 48.7 Å². The molecule has 1 fully saturated rings. The number of rotatable bonds is 4. The molecule has 2 aliphatic heterocycles. The number of aromatic nitrogens is 1. The number of fused-ring (bicyclic) bond motifs is 1. The molecule has 1 aromatic carbocycles. The van der Waals surface area contributed by atoms with Crippen molar-refractivity contribution in [3.8, 4) is 0 Å². The highest BCUT2D eigenvalue weighted by molar-refractivity contribution is 7.89. The van der Waals surface area contributed by atoms with E-state index in [1.807, 2.05) is 29.2 Å². The van der Waals surface area contributed by atoms with Gasteiger partial charge in [0.05, 0.1) is 0 Å². The van der Waals surface area contributed by atoms with Gasteiger partial charge in [-0.15, -0.1) is 0 Å². The van der Waals surface area contributed by atoms with E-state index in [4.69, 9.17) is 5.73 Å². The predicted molar refractivity (Wildman–Crippen MR) is 108 cm³/mol. The third-order valence-electron chi connectivity index (χ3n) is 5.83. The molecular weight excluding hydrogens is 392 g/mol. The standard InChI is InChI=1S/C20H24N4O4S/c1-22-13-16(12-18(22)19(21)25)29(27,28)23-9-6-15(7-10-23)20(26)24-11-8-14-4-2-3-5-17(14)24/h2-5,12-13,15H,6-11H2,1H3,(H2,21,25). The monoisotopic (exact) mass is 416 g/mol. The molecule has 0 bridgehead atoms. The van der Waals surface area contributed by atoms with E-state index in [1.54, 1.807) is 7.05 Å². The average molecular weight is 417 g/mol. The highest BCUT2D eigenvalue weighted by Crippen LogP contribution is 2.32. The van der Waals surface area contributed by atoms with Crippen molar-refractivity contribution in [2.24, 2.45) is 18.7 Å². The lowest BCUT2D eigenvalue weighted by atomic mass is 9.96. The summed E-state index contributed by atoms with van der Waals surface area (Å²) in [6.07, 6.45) is 3.21. The summed E-state index contributed by atoms with van der Waals surface area (Å²) in [6, 6.07) is 9.21. The second-order valence-electron chi connectivity index (χ2n) is 7.58. The first-order chi connectivity index (χ1) is 13.8. The molecule has 1 aromatic heterocycles. The number of hydrogen-bond acceptors (Lipinski definition) is 4. The molecule has 2 N–H and O–H groups in total. The van der Waals surface area contributed by atoms with Crippen LogP contribution in [0.4, 0.5) is 5.69 Å². The van der Waals surface area contributed by atoms with Crippen LogP contribution < -0.4 is 10.6 Å². The van der Waals surface area contributed by atoms with Crippen molar-refractivity contribution in [1.29, 1.82) is 0 Å². The summed E-state index contributed by atoms with van der Waals surface area (Å²) in [5.41, 5.74) is 7.57. The number of para-hydroxylation sites is 1. The van der Waals surface area contributed by atoms with Gasteiger partial charge in [0.2, 0.25) is 15.9 Å². The van der Waals surface area contributed by atoms with Crippen molar-refractivity contribution in [3.63, 3.8) is 0 Å². The molecule has 0 unspecified atom stereocenters. The van der Waals surface area contributed by atoms with Crippen molar-refractivity contribution >= 4 is 27.5 Å². The minimum absolute atomic E-state index is 0.0482. The Kier molecular flexibility index (Phi) is 4.95. The number of carbonyl (C=O) groups excluding carboxylic acids is 2. The van der Waals surface area contributed by atoms with Gasteiger partial charge in [-0.05, 0) is 37.0 Å². The topological polar surface area (TPSA) is 106 Å². The van der Waals surface area contributed by atoms with E-state index < -0.39 is 15.9 Å². The predicted octanol–water partition coefficient (Wildman–Crippen LogP) is 1.11. The van der Waals surface area contributed by atoms with E-state index in [2.05, 4.69) is 0 Å². The Balaban J connectivity index is 1.45. The van der Waals surface area contributed by atoms with Crippen LogP contribution in [0.25, 0.3) is 0 Å². The van der Waals surface area contributed by atoms with Crippen molar-refractivity contribution in [2.45, 2.75) is 24.2 Å². The Morgan fingerprint density at radius 1 is 1.10 bits per heavy atom. The van der Waals surface area contributed by atoms with Gasteiger partial charge in [-0.25, -0.2) is 8.42 Å². The van der Waals surface area contributed by atoms with Crippen LogP contribution >= 0.6 is 0 Å². The minimum atomic E-state index is -3.73. The molecular formula is C20H24N4O4S. The van der Waals surface area contributed by atoms with Crippen LogP contribution in [0.3, 0.4) is 0 Å². The van der Waals surface area contributed by atoms with Crippen LogP contribution in [0.2, 0.25) is 0 Å². The van der Waals surface area contributed by atoms with E-state index in [0.29, 0.717) is 19.4 Å². The molecule has 2 amide bonds. The van der Waals surface area contributed by atoms with E-state index in [-0.39, 0.29) is 35.5 Å². The van der Waals surface area contributed by atoms with Gasteiger partial charge in [-0.1, -0.05) is 18.2 Å². The van der Waals surface area contributed by atoms with Crippen LogP contribution in [-0.2, 0) is 28.3 Å². The Morgan fingerprint density at radius 2 is 1.79 bits per heavy atom. The molecule has 0 spiro atoms. The fraction of sp³-hybridized carbons (Fsp3) is 0.400. The second kappa shape index (κ2) is 7.31. The van der Waals surface area contributed by atoms with Gasteiger partial charge in [0.25, 0.3) is 5.91 Å². The number of carbonyl (C=O) groups is 2. The quantitative estimate of drug-likeness (QED) is 0.806. The maximum Gasteiger partial charge on any atom is 0.265 e. The van der Waals surface area contributed by atoms with Gasteiger partial charge in [0, 0.05) is 44.5 Å². The van der Waals surface area contributed by atoms with Crippen LogP contribution in [0.15, 0.2) is 41.4 Å². The van der Waals surface area contributed by atoms with Gasteiger partial charge < -0.3 is 15.2 Å². The zero-order valence-corrected chi connectivity index (χ0v) is 17.1. The van der Waals surface area contributed by atoms with Crippen molar-refractivity contribution in [2.75, 3.05) is 24.5 Å². The third kappa shape index (κ3) is 3.44. The zero-order chi connectivity index (χ0) is 20.8. The molecule has 9 heteroatoms. The minimum Gasteiger partial charge on any atom is -0.364 e. The van der Waals surface area contributed by atoms with Gasteiger partial charge >= 0.3 is 0 Å². The number of piperidine rings is 1. The largest absolute Gasteiger partial charge is 0.364 e. The fourth-order valence-corrected chi connectivity index (χ4v) is 5.74. The number of aryl methyl sites for hydroxylation is 1. The highest BCUT2D eigenvalue weighted by atomic mass is 32.2. The molecule has 2 aliphatic rings. The lowest BCUT2D eigenvalue weighted by Gasteiger charge is -2.32. The molecule has 4 rings (SSSR count). The zero-order valence-electron chi connectivity index (χ0n) is 16.2. The van der Waals surface area contributed by atoms with Gasteiger partial charge in [0.1, 0.15) is 10.6 Å². The lowest BCUT2D eigenvalue weighted by molar-refractivity contribution is -0.123. The summed E-state index contributed by atoms with van der Waals surface area (Å²) >= 11 is 0. The van der Waals surface area contributed by atoms with E-state index in [9.17, 15) is 18.0 Å². The second-order valence-corrected chi connectivity index (χ2v) is 9.52. The van der Waals surface area contributed by atoms with Crippen LogP contribution in [0.1, 0.15) is 28.9 Å². The number of nitrogens with two attached hydrogens (primary N) is 1. The molecule has 0 aliphatic carbocycles. The van der Waals surface area contributed by atoms with Crippen LogP contribution in [0, 0.1) is 5.92 Å². The normalized spacial score (nSPS) is 18.0. The molecule has 0 radical (unpaired) electrons. The number of benzene rings is 1. The summed E-state index contributed by atoms with van der Waals surface area (Å²) in [7, 11) is -2.15. The first kappa shape index (κ1) is 19.7. The van der Waals surface area contributed by atoms with Crippen molar-refractivity contribution < 1.29 is 18.0 Å². The molecule has 0 atom stereocenters. The number of nitrogens with zero attached hydrogens (tertiary/aromatic N) is 3. The van der Waals surface area contributed by atoms with E-state index in [1.165, 1.54) is 26.7 Å². The highest BCUT2D eigenvalue weighted by Gasteiger charge is 2.36. The maximum atomic E-state index is 13.0. The molecule has 0 saturated carbocycles. The summed E-state index contributed by atoms with van der Waals surface area (Å²) in [6.45, 7) is 1.22. The first-order valence-electron chi connectivity index (χ1n) is 9.64. The number of amides is 2. The number of primary amides is 1. The fourth-order valence-electron chi connectivity index (χ4n) is 4.20. The molecule has 3 heterocycles. The maximum absolute atomic E-state index is 13.0.